The monoisotopic (exact) mass is 522 g/mol. The first-order valence-electron chi connectivity index (χ1n) is 9.67. The Balaban J connectivity index is 0.00000280. The van der Waals surface area contributed by atoms with Crippen molar-refractivity contribution in [2.24, 2.45) is 10.9 Å². The van der Waals surface area contributed by atoms with Crippen LogP contribution in [0.3, 0.4) is 0 Å². The number of guanidine groups is 1. The molecule has 1 saturated carbocycles. The van der Waals surface area contributed by atoms with Crippen LogP contribution in [0.15, 0.2) is 29.3 Å². The number of aliphatic imine (C=N–C) groups is 1. The largest absolute Gasteiger partial charge is 0.379 e. The molecule has 2 atom stereocenters. The molecule has 0 amide bonds. The summed E-state index contributed by atoms with van der Waals surface area (Å²) < 4.78 is 32.3. The first-order valence-corrected chi connectivity index (χ1v) is 11.3. The van der Waals surface area contributed by atoms with Gasteiger partial charge in [-0.25, -0.2) is 13.4 Å². The molecule has 1 saturated heterocycles. The van der Waals surface area contributed by atoms with Gasteiger partial charge in [0, 0.05) is 25.7 Å². The number of nitrogens with zero attached hydrogens (tertiary/aromatic N) is 2. The van der Waals surface area contributed by atoms with Gasteiger partial charge in [0.15, 0.2) is 5.96 Å². The van der Waals surface area contributed by atoms with Crippen LogP contribution < -0.4 is 10.6 Å². The Bertz CT molecular complexity index is 766. The first-order chi connectivity index (χ1) is 13.0. The number of benzene rings is 1. The van der Waals surface area contributed by atoms with Crippen LogP contribution in [0.2, 0.25) is 0 Å². The van der Waals surface area contributed by atoms with Gasteiger partial charge in [-0.3, -0.25) is 0 Å². The van der Waals surface area contributed by atoms with Crippen LogP contribution in [-0.2, 0) is 27.1 Å². The second-order valence-corrected chi connectivity index (χ2v) is 9.16. The molecule has 7 nitrogen and oxygen atoms in total. The molecule has 2 aliphatic rings. The van der Waals surface area contributed by atoms with E-state index in [1.807, 2.05) is 31.2 Å². The van der Waals surface area contributed by atoms with Crippen LogP contribution >= 0.6 is 24.0 Å². The molecule has 1 aliphatic heterocycles. The molecular weight excluding hydrogens is 491 g/mol. The van der Waals surface area contributed by atoms with E-state index in [0.29, 0.717) is 44.8 Å². The van der Waals surface area contributed by atoms with E-state index in [1.165, 1.54) is 10.7 Å². The lowest BCUT2D eigenvalue weighted by molar-refractivity contribution is 0.0729. The molecule has 2 unspecified atom stereocenters. The van der Waals surface area contributed by atoms with Crippen molar-refractivity contribution in [3.63, 3.8) is 0 Å². The van der Waals surface area contributed by atoms with Crippen LogP contribution in [0.25, 0.3) is 0 Å². The van der Waals surface area contributed by atoms with Gasteiger partial charge in [0.05, 0.1) is 25.5 Å². The zero-order valence-corrected chi connectivity index (χ0v) is 19.7. The standard InChI is InChI=1S/C19H30N4O3S.HI/c1-3-20-19(22-18-12-15(18)2)21-13-16-6-4-5-7-17(16)14-27(24,25)23-8-10-26-11-9-23;/h4-7,15,18H,3,8-14H2,1-2H3,(H2,20,21,22);1H. The molecule has 158 valence electrons. The van der Waals surface area contributed by atoms with Gasteiger partial charge in [-0.2, -0.15) is 4.31 Å². The van der Waals surface area contributed by atoms with E-state index in [0.717, 1.165) is 23.6 Å². The van der Waals surface area contributed by atoms with E-state index in [2.05, 4.69) is 22.5 Å². The topological polar surface area (TPSA) is 83.0 Å². The van der Waals surface area contributed by atoms with Crippen molar-refractivity contribution >= 4 is 40.0 Å². The Morgan fingerprint density at radius 2 is 1.89 bits per heavy atom. The van der Waals surface area contributed by atoms with Crippen molar-refractivity contribution in [3.05, 3.63) is 35.4 Å². The number of rotatable bonds is 7. The molecule has 2 fully saturated rings. The predicted molar refractivity (Wildman–Crippen MR) is 122 cm³/mol. The predicted octanol–water partition coefficient (Wildman–Crippen LogP) is 1.93. The average Bonchev–Trinajstić information content (AvgIpc) is 3.36. The van der Waals surface area contributed by atoms with Crippen LogP contribution in [-0.4, -0.2) is 57.6 Å². The van der Waals surface area contributed by atoms with Crippen molar-refractivity contribution in [2.75, 3.05) is 32.8 Å². The Labute approximate surface area is 185 Å². The van der Waals surface area contributed by atoms with Gasteiger partial charge in [0.1, 0.15) is 0 Å². The van der Waals surface area contributed by atoms with Gasteiger partial charge in [-0.05, 0) is 30.4 Å². The Kier molecular flexibility index (Phi) is 8.97. The number of hydrogen-bond donors (Lipinski definition) is 2. The Hall–Kier alpha value is -0.910. The summed E-state index contributed by atoms with van der Waals surface area (Å²) >= 11 is 0. The highest BCUT2D eigenvalue weighted by Crippen LogP contribution is 2.28. The molecule has 3 rings (SSSR count). The first kappa shape index (κ1) is 23.4. The third kappa shape index (κ3) is 6.57. The fraction of sp³-hybridized carbons (Fsp3) is 0.632. The van der Waals surface area contributed by atoms with Gasteiger partial charge < -0.3 is 15.4 Å². The maximum absolute atomic E-state index is 12.7. The number of nitrogens with one attached hydrogen (secondary N) is 2. The summed E-state index contributed by atoms with van der Waals surface area (Å²) in [5.41, 5.74) is 1.75. The van der Waals surface area contributed by atoms with Crippen molar-refractivity contribution in [1.82, 2.24) is 14.9 Å². The summed E-state index contributed by atoms with van der Waals surface area (Å²) in [5, 5.41) is 6.69. The molecule has 1 aliphatic carbocycles. The molecule has 0 aromatic heterocycles. The van der Waals surface area contributed by atoms with Crippen molar-refractivity contribution in [3.8, 4) is 0 Å². The lowest BCUT2D eigenvalue weighted by atomic mass is 10.1. The van der Waals surface area contributed by atoms with Gasteiger partial charge in [-0.1, -0.05) is 31.2 Å². The highest BCUT2D eigenvalue weighted by Gasteiger charge is 2.33. The lowest BCUT2D eigenvalue weighted by Gasteiger charge is -2.26. The van der Waals surface area contributed by atoms with E-state index >= 15 is 0 Å². The molecule has 28 heavy (non-hydrogen) atoms. The number of halogens is 1. The fourth-order valence-electron chi connectivity index (χ4n) is 3.15. The van der Waals surface area contributed by atoms with E-state index in [1.54, 1.807) is 0 Å². The summed E-state index contributed by atoms with van der Waals surface area (Å²) in [5.74, 6) is 1.47. The Morgan fingerprint density at radius 1 is 1.25 bits per heavy atom. The summed E-state index contributed by atoms with van der Waals surface area (Å²) in [4.78, 5) is 4.67. The molecular formula is C19H31IN4O3S. The minimum atomic E-state index is -3.35. The summed E-state index contributed by atoms with van der Waals surface area (Å²) in [6.07, 6.45) is 1.17. The van der Waals surface area contributed by atoms with E-state index < -0.39 is 10.0 Å². The van der Waals surface area contributed by atoms with Gasteiger partial charge in [0.25, 0.3) is 0 Å². The maximum Gasteiger partial charge on any atom is 0.218 e. The van der Waals surface area contributed by atoms with Crippen molar-refractivity contribution < 1.29 is 13.2 Å². The normalized spacial score (nSPS) is 23.0. The summed E-state index contributed by atoms with van der Waals surface area (Å²) in [7, 11) is -3.35. The molecule has 1 aromatic rings. The number of ether oxygens (including phenoxy) is 1. The maximum atomic E-state index is 12.7. The molecule has 1 aromatic carbocycles. The summed E-state index contributed by atoms with van der Waals surface area (Å²) in [6.45, 7) is 7.27. The molecule has 2 N–H and O–H groups in total. The second kappa shape index (κ2) is 10.7. The lowest BCUT2D eigenvalue weighted by Crippen LogP contribution is -2.41. The number of hydrogen-bond acceptors (Lipinski definition) is 4. The van der Waals surface area contributed by atoms with Crippen LogP contribution in [0.1, 0.15) is 31.4 Å². The Morgan fingerprint density at radius 3 is 2.50 bits per heavy atom. The summed E-state index contributed by atoms with van der Waals surface area (Å²) in [6, 6.07) is 8.13. The second-order valence-electron chi connectivity index (χ2n) is 7.20. The quantitative estimate of drug-likeness (QED) is 0.325. The molecule has 0 radical (unpaired) electrons. The smallest absolute Gasteiger partial charge is 0.218 e. The number of morpholine rings is 1. The molecule has 9 heteroatoms. The zero-order chi connectivity index (χ0) is 19.3. The fourth-order valence-corrected chi connectivity index (χ4v) is 4.71. The number of sulfonamides is 1. The van der Waals surface area contributed by atoms with Crippen LogP contribution in [0.5, 0.6) is 0 Å². The average molecular weight is 522 g/mol. The van der Waals surface area contributed by atoms with Crippen LogP contribution in [0.4, 0.5) is 0 Å². The zero-order valence-electron chi connectivity index (χ0n) is 16.6. The van der Waals surface area contributed by atoms with E-state index in [-0.39, 0.29) is 29.7 Å². The minimum Gasteiger partial charge on any atom is -0.379 e. The highest BCUT2D eigenvalue weighted by molar-refractivity contribution is 14.0. The molecule has 1 heterocycles. The third-order valence-electron chi connectivity index (χ3n) is 5.00. The minimum absolute atomic E-state index is 0. The van der Waals surface area contributed by atoms with Gasteiger partial charge >= 0.3 is 0 Å². The van der Waals surface area contributed by atoms with Gasteiger partial charge in [-0.15, -0.1) is 24.0 Å². The van der Waals surface area contributed by atoms with Crippen molar-refractivity contribution in [1.29, 1.82) is 0 Å². The van der Waals surface area contributed by atoms with E-state index in [4.69, 9.17) is 4.74 Å². The molecule has 0 spiro atoms. The highest BCUT2D eigenvalue weighted by atomic mass is 127. The van der Waals surface area contributed by atoms with Crippen molar-refractivity contribution in [2.45, 2.75) is 38.6 Å². The third-order valence-corrected chi connectivity index (χ3v) is 6.83. The SMILES string of the molecule is CCNC(=NCc1ccccc1CS(=O)(=O)N1CCOCC1)NC1CC1C.I. The molecule has 0 bridgehead atoms. The van der Waals surface area contributed by atoms with Crippen LogP contribution in [0, 0.1) is 5.92 Å². The van der Waals surface area contributed by atoms with E-state index in [9.17, 15) is 8.42 Å². The van der Waals surface area contributed by atoms with Gasteiger partial charge in [0.2, 0.25) is 10.0 Å².